The van der Waals surface area contributed by atoms with Crippen LogP contribution in [-0.4, -0.2) is 43.0 Å². The number of hydrogen-bond acceptors (Lipinski definition) is 4. The molecule has 0 spiro atoms. The monoisotopic (exact) mass is 379 g/mol. The lowest BCUT2D eigenvalue weighted by molar-refractivity contribution is -0.120. The number of halogens is 2. The molecule has 1 aliphatic heterocycles. The molecule has 2 aliphatic rings. The summed E-state index contributed by atoms with van der Waals surface area (Å²) in [5.74, 6) is 0.945. The summed E-state index contributed by atoms with van der Waals surface area (Å²) in [6, 6.07) is 2.63. The summed E-state index contributed by atoms with van der Waals surface area (Å²) in [6.07, 6.45) is 3.80. The fraction of sp³-hybridized carbons (Fsp3) is 0.688. The number of carbonyl (C=O) groups is 1. The summed E-state index contributed by atoms with van der Waals surface area (Å²) < 4.78 is 0. The Morgan fingerprint density at radius 2 is 2.22 bits per heavy atom. The molecule has 1 atom stereocenters. The van der Waals surface area contributed by atoms with Crippen molar-refractivity contribution in [2.75, 3.05) is 26.2 Å². The maximum absolute atomic E-state index is 11.8. The van der Waals surface area contributed by atoms with E-state index in [0.29, 0.717) is 12.6 Å². The highest BCUT2D eigenvalue weighted by Gasteiger charge is 2.22. The average molecular weight is 380 g/mol. The zero-order valence-electron chi connectivity index (χ0n) is 13.5. The molecule has 0 aromatic carbocycles. The van der Waals surface area contributed by atoms with Crippen LogP contribution in [0.25, 0.3) is 0 Å². The molecule has 2 N–H and O–H groups in total. The van der Waals surface area contributed by atoms with Crippen molar-refractivity contribution < 1.29 is 4.79 Å². The zero-order chi connectivity index (χ0) is 14.7. The molecule has 1 saturated carbocycles. The predicted octanol–water partition coefficient (Wildman–Crippen LogP) is 2.45. The van der Waals surface area contributed by atoms with E-state index in [4.69, 9.17) is 0 Å². The Morgan fingerprint density at radius 3 is 2.96 bits per heavy atom. The van der Waals surface area contributed by atoms with Crippen LogP contribution in [0.4, 0.5) is 0 Å². The Labute approximate surface area is 155 Å². The SMILES string of the molecule is CC(CNC(=O)CNCC1CC1)N1CCc2sccc2C1.Cl.Cl. The van der Waals surface area contributed by atoms with E-state index in [1.165, 1.54) is 23.3 Å². The van der Waals surface area contributed by atoms with Gasteiger partial charge in [-0.15, -0.1) is 36.2 Å². The second-order valence-corrected chi connectivity index (χ2v) is 7.32. The number of fused-ring (bicyclic) bond motifs is 1. The highest BCUT2D eigenvalue weighted by molar-refractivity contribution is 7.10. The largest absolute Gasteiger partial charge is 0.353 e. The van der Waals surface area contributed by atoms with Crippen molar-refractivity contribution in [1.82, 2.24) is 15.5 Å². The van der Waals surface area contributed by atoms with Crippen molar-refractivity contribution in [3.8, 4) is 0 Å². The number of carbonyl (C=O) groups excluding carboxylic acids is 1. The fourth-order valence-corrected chi connectivity index (χ4v) is 3.70. The third kappa shape index (κ3) is 6.24. The first-order valence-electron chi connectivity index (χ1n) is 7.99. The molecule has 1 unspecified atom stereocenters. The molecule has 1 aromatic rings. The van der Waals surface area contributed by atoms with Crippen molar-refractivity contribution in [2.45, 2.75) is 38.8 Å². The van der Waals surface area contributed by atoms with E-state index >= 15 is 0 Å². The molecule has 3 rings (SSSR count). The lowest BCUT2D eigenvalue weighted by Crippen LogP contribution is -2.45. The van der Waals surface area contributed by atoms with Crippen LogP contribution < -0.4 is 10.6 Å². The van der Waals surface area contributed by atoms with Gasteiger partial charge in [-0.05, 0) is 55.7 Å². The summed E-state index contributed by atoms with van der Waals surface area (Å²) in [5, 5.41) is 8.47. The van der Waals surface area contributed by atoms with Crippen LogP contribution >= 0.6 is 36.2 Å². The lowest BCUT2D eigenvalue weighted by Gasteiger charge is -2.32. The smallest absolute Gasteiger partial charge is 0.234 e. The minimum atomic E-state index is 0. The molecule has 0 radical (unpaired) electrons. The summed E-state index contributed by atoms with van der Waals surface area (Å²) in [4.78, 5) is 15.8. The number of nitrogens with zero attached hydrogens (tertiary/aromatic N) is 1. The number of thiophene rings is 1. The Morgan fingerprint density at radius 1 is 1.43 bits per heavy atom. The summed E-state index contributed by atoms with van der Waals surface area (Å²) in [6.45, 7) is 6.52. The lowest BCUT2D eigenvalue weighted by atomic mass is 10.1. The Hall–Kier alpha value is -0.330. The number of amides is 1. The Kier molecular flexibility index (Phi) is 8.86. The van der Waals surface area contributed by atoms with Crippen LogP contribution in [-0.2, 0) is 17.8 Å². The molecule has 0 bridgehead atoms. The summed E-state index contributed by atoms with van der Waals surface area (Å²) in [5.41, 5.74) is 1.47. The van der Waals surface area contributed by atoms with E-state index in [1.54, 1.807) is 0 Å². The van der Waals surface area contributed by atoms with Crippen molar-refractivity contribution in [3.05, 3.63) is 21.9 Å². The summed E-state index contributed by atoms with van der Waals surface area (Å²) in [7, 11) is 0. The molecule has 1 amide bonds. The maximum atomic E-state index is 11.8. The average Bonchev–Trinajstić information content (AvgIpc) is 3.19. The molecular weight excluding hydrogens is 353 g/mol. The summed E-state index contributed by atoms with van der Waals surface area (Å²) >= 11 is 1.87. The van der Waals surface area contributed by atoms with Gasteiger partial charge in [-0.2, -0.15) is 0 Å². The van der Waals surface area contributed by atoms with Crippen molar-refractivity contribution in [1.29, 1.82) is 0 Å². The van der Waals surface area contributed by atoms with Crippen molar-refractivity contribution in [2.24, 2.45) is 5.92 Å². The van der Waals surface area contributed by atoms with Gasteiger partial charge < -0.3 is 10.6 Å². The van der Waals surface area contributed by atoms with Gasteiger partial charge in [0.1, 0.15) is 0 Å². The number of hydrogen-bond donors (Lipinski definition) is 2. The molecule has 1 aliphatic carbocycles. The van der Waals surface area contributed by atoms with E-state index in [2.05, 4.69) is 33.9 Å². The second kappa shape index (κ2) is 9.84. The third-order valence-electron chi connectivity index (χ3n) is 4.47. The standard InChI is InChI=1S/C16H25N3OS.2ClH/c1-12(8-18-16(20)10-17-9-13-2-3-13)19-6-4-15-14(11-19)5-7-21-15;;/h5,7,12-13,17H,2-4,6,8-11H2,1H3,(H,18,20);2*1H. The first kappa shape index (κ1) is 20.7. The van der Waals surface area contributed by atoms with E-state index < -0.39 is 0 Å². The minimum Gasteiger partial charge on any atom is -0.353 e. The number of rotatable bonds is 7. The van der Waals surface area contributed by atoms with Crippen LogP contribution in [0.1, 0.15) is 30.2 Å². The van der Waals surface area contributed by atoms with E-state index in [9.17, 15) is 4.79 Å². The Bertz CT molecular complexity index is 493. The molecule has 2 heterocycles. The molecule has 7 heteroatoms. The minimum absolute atomic E-state index is 0. The first-order chi connectivity index (χ1) is 10.2. The molecule has 132 valence electrons. The van der Waals surface area contributed by atoms with Crippen molar-refractivity contribution in [3.63, 3.8) is 0 Å². The highest BCUT2D eigenvalue weighted by Crippen LogP contribution is 2.27. The molecular formula is C16H27Cl2N3OS. The topological polar surface area (TPSA) is 44.4 Å². The maximum Gasteiger partial charge on any atom is 0.234 e. The zero-order valence-corrected chi connectivity index (χ0v) is 16.0. The van der Waals surface area contributed by atoms with Gasteiger partial charge in [0.2, 0.25) is 5.91 Å². The van der Waals surface area contributed by atoms with Gasteiger partial charge in [-0.1, -0.05) is 0 Å². The van der Waals surface area contributed by atoms with Crippen LogP contribution in [0.5, 0.6) is 0 Å². The van der Waals surface area contributed by atoms with Crippen LogP contribution in [0, 0.1) is 5.92 Å². The van der Waals surface area contributed by atoms with Crippen LogP contribution in [0.3, 0.4) is 0 Å². The van der Waals surface area contributed by atoms with Gasteiger partial charge in [0.25, 0.3) is 0 Å². The predicted molar refractivity (Wildman–Crippen MR) is 101 cm³/mol. The second-order valence-electron chi connectivity index (χ2n) is 6.32. The quantitative estimate of drug-likeness (QED) is 0.764. The van der Waals surface area contributed by atoms with E-state index in [1.807, 2.05) is 11.3 Å². The Balaban J connectivity index is 0.00000132. The highest BCUT2D eigenvalue weighted by atomic mass is 35.5. The fourth-order valence-electron chi connectivity index (χ4n) is 2.81. The van der Waals surface area contributed by atoms with Crippen LogP contribution in [0.2, 0.25) is 0 Å². The molecule has 0 saturated heterocycles. The van der Waals surface area contributed by atoms with Crippen molar-refractivity contribution >= 4 is 42.1 Å². The van der Waals surface area contributed by atoms with Gasteiger partial charge in [0.15, 0.2) is 0 Å². The van der Waals surface area contributed by atoms with E-state index in [0.717, 1.165) is 38.5 Å². The van der Waals surface area contributed by atoms with E-state index in [-0.39, 0.29) is 30.7 Å². The third-order valence-corrected chi connectivity index (χ3v) is 5.49. The van der Waals surface area contributed by atoms with Gasteiger partial charge in [0.05, 0.1) is 6.54 Å². The normalized spacial score (nSPS) is 18.3. The first-order valence-corrected chi connectivity index (χ1v) is 8.87. The van der Waals surface area contributed by atoms with Gasteiger partial charge in [-0.3, -0.25) is 9.69 Å². The van der Waals surface area contributed by atoms with Gasteiger partial charge >= 0.3 is 0 Å². The molecule has 1 aromatic heterocycles. The number of nitrogens with one attached hydrogen (secondary N) is 2. The van der Waals surface area contributed by atoms with Crippen LogP contribution in [0.15, 0.2) is 11.4 Å². The van der Waals surface area contributed by atoms with Gasteiger partial charge in [0, 0.05) is 30.6 Å². The van der Waals surface area contributed by atoms with Gasteiger partial charge in [-0.25, -0.2) is 0 Å². The molecule has 1 fully saturated rings. The molecule has 4 nitrogen and oxygen atoms in total. The molecule has 23 heavy (non-hydrogen) atoms.